The van der Waals surface area contributed by atoms with Crippen molar-refractivity contribution in [3.63, 3.8) is 0 Å². The zero-order chi connectivity index (χ0) is 24.7. The molecule has 0 fully saturated rings. The topological polar surface area (TPSA) is 149 Å². The lowest BCUT2D eigenvalue weighted by Crippen LogP contribution is -2.51. The van der Waals surface area contributed by atoms with E-state index in [2.05, 4.69) is 20.3 Å². The SMILES string of the molecule is CC(Nc1nc(N)nc(N)c1C#N)c1nc2c(c(=O)n1-c1cc(F)cc(F)c1)=C(F)C(Cl)CC=2. The molecule has 1 aliphatic carbocycles. The van der Waals surface area contributed by atoms with Crippen molar-refractivity contribution in [3.05, 3.63) is 62.1 Å². The van der Waals surface area contributed by atoms with E-state index in [0.717, 1.165) is 16.7 Å². The van der Waals surface area contributed by atoms with E-state index in [1.807, 2.05) is 6.07 Å². The van der Waals surface area contributed by atoms with E-state index in [1.54, 1.807) is 6.92 Å². The Labute approximate surface area is 194 Å². The summed E-state index contributed by atoms with van der Waals surface area (Å²) in [5.41, 5.74) is 10.1. The van der Waals surface area contributed by atoms with Gasteiger partial charge in [-0.25, -0.2) is 18.2 Å². The zero-order valence-corrected chi connectivity index (χ0v) is 18.2. The molecule has 2 heterocycles. The van der Waals surface area contributed by atoms with Crippen molar-refractivity contribution < 1.29 is 13.2 Å². The highest BCUT2D eigenvalue weighted by atomic mass is 35.5. The molecule has 34 heavy (non-hydrogen) atoms. The highest BCUT2D eigenvalue weighted by molar-refractivity contribution is 6.25. The third kappa shape index (κ3) is 4.01. The number of nitrogens with zero attached hydrogens (tertiary/aromatic N) is 5. The van der Waals surface area contributed by atoms with Crippen LogP contribution in [-0.4, -0.2) is 24.9 Å². The maximum atomic E-state index is 14.8. The summed E-state index contributed by atoms with van der Waals surface area (Å²) in [4.78, 5) is 25.5. The van der Waals surface area contributed by atoms with Crippen LogP contribution in [0.3, 0.4) is 0 Å². The van der Waals surface area contributed by atoms with Crippen molar-refractivity contribution in [2.45, 2.75) is 24.8 Å². The maximum absolute atomic E-state index is 14.8. The van der Waals surface area contributed by atoms with Gasteiger partial charge in [-0.15, -0.1) is 11.6 Å². The highest BCUT2D eigenvalue weighted by Gasteiger charge is 2.25. The average molecular weight is 489 g/mol. The number of anilines is 3. The molecule has 0 saturated carbocycles. The fourth-order valence-electron chi connectivity index (χ4n) is 3.59. The van der Waals surface area contributed by atoms with Gasteiger partial charge in [0.1, 0.15) is 40.7 Å². The standard InChI is InChI=1S/C21H16ClF3N8O/c1-8(29-18-12(7-26)17(27)31-21(28)32-18)19-30-14-3-2-13(22)16(25)15(14)20(34)33(19)11-5-9(23)4-10(24)6-11/h3-6,8,13H,2H2,1H3,(H5,27,28,29,31,32). The second-order valence-electron chi connectivity index (χ2n) is 7.42. The average Bonchev–Trinajstić information content (AvgIpc) is 2.75. The number of benzene rings is 1. The number of nitrogen functional groups attached to an aromatic ring is 2. The van der Waals surface area contributed by atoms with Gasteiger partial charge in [-0.3, -0.25) is 9.36 Å². The molecule has 0 amide bonds. The predicted octanol–water partition coefficient (Wildman–Crippen LogP) is 1.38. The molecule has 0 radical (unpaired) electrons. The number of alkyl halides is 1. The van der Waals surface area contributed by atoms with Gasteiger partial charge in [0.15, 0.2) is 5.82 Å². The van der Waals surface area contributed by atoms with Crippen LogP contribution in [-0.2, 0) is 0 Å². The molecule has 3 aromatic rings. The second-order valence-corrected chi connectivity index (χ2v) is 7.95. The number of nitrogens with two attached hydrogens (primary N) is 2. The number of hydrogen-bond acceptors (Lipinski definition) is 8. The van der Waals surface area contributed by atoms with E-state index in [1.165, 1.54) is 6.08 Å². The van der Waals surface area contributed by atoms with Crippen molar-refractivity contribution in [2.75, 3.05) is 16.8 Å². The first-order valence-corrected chi connectivity index (χ1v) is 10.3. The summed E-state index contributed by atoms with van der Waals surface area (Å²) in [6.45, 7) is 1.54. The lowest BCUT2D eigenvalue weighted by molar-refractivity contribution is 0.578. The van der Waals surface area contributed by atoms with E-state index in [0.29, 0.717) is 6.07 Å². The number of aromatic nitrogens is 4. The molecule has 2 aromatic heterocycles. The van der Waals surface area contributed by atoms with Crippen molar-refractivity contribution in [1.82, 2.24) is 19.5 Å². The maximum Gasteiger partial charge on any atom is 0.268 e. The van der Waals surface area contributed by atoms with Crippen molar-refractivity contribution in [2.24, 2.45) is 0 Å². The first kappa shape index (κ1) is 23.1. The van der Waals surface area contributed by atoms with Gasteiger partial charge in [0.2, 0.25) is 5.95 Å². The zero-order valence-electron chi connectivity index (χ0n) is 17.5. The first-order valence-electron chi connectivity index (χ1n) is 9.83. The Morgan fingerprint density at radius 1 is 1.21 bits per heavy atom. The molecule has 2 atom stereocenters. The van der Waals surface area contributed by atoms with E-state index in [-0.39, 0.29) is 46.4 Å². The quantitative estimate of drug-likeness (QED) is 0.466. The molecule has 0 aliphatic heterocycles. The molecular formula is C21H16ClF3N8O. The number of rotatable bonds is 4. The monoisotopic (exact) mass is 488 g/mol. The Hall–Kier alpha value is -4.11. The van der Waals surface area contributed by atoms with Crippen LogP contribution in [0.15, 0.2) is 23.0 Å². The van der Waals surface area contributed by atoms with Crippen molar-refractivity contribution >= 4 is 41.1 Å². The molecule has 0 spiro atoms. The Morgan fingerprint density at radius 3 is 2.53 bits per heavy atom. The van der Waals surface area contributed by atoms with Gasteiger partial charge in [0, 0.05) is 6.07 Å². The Bertz CT molecular complexity index is 1530. The number of hydrogen-bond donors (Lipinski definition) is 3. The molecular weight excluding hydrogens is 473 g/mol. The Kier molecular flexibility index (Phi) is 5.89. The smallest absolute Gasteiger partial charge is 0.268 e. The number of nitriles is 1. The van der Waals surface area contributed by atoms with E-state index in [4.69, 9.17) is 23.1 Å². The van der Waals surface area contributed by atoms with Crippen molar-refractivity contribution in [1.29, 1.82) is 5.26 Å². The largest absolute Gasteiger partial charge is 0.382 e. The fraction of sp³-hybridized carbons (Fsp3) is 0.190. The third-order valence-corrected chi connectivity index (χ3v) is 5.45. The van der Waals surface area contributed by atoms with Crippen LogP contribution in [0.25, 0.3) is 17.6 Å². The van der Waals surface area contributed by atoms with Gasteiger partial charge in [-0.1, -0.05) is 6.08 Å². The Morgan fingerprint density at radius 2 is 1.88 bits per heavy atom. The molecule has 174 valence electrons. The van der Waals surface area contributed by atoms with Crippen LogP contribution in [0.1, 0.15) is 30.8 Å². The minimum absolute atomic E-state index is 0.0263. The summed E-state index contributed by atoms with van der Waals surface area (Å²) < 4.78 is 43.7. The summed E-state index contributed by atoms with van der Waals surface area (Å²) >= 11 is 5.97. The molecule has 0 saturated heterocycles. The number of fused-ring (bicyclic) bond motifs is 1. The molecule has 1 aromatic carbocycles. The number of halogens is 4. The van der Waals surface area contributed by atoms with Gasteiger partial charge in [-0.2, -0.15) is 15.2 Å². The lowest BCUT2D eigenvalue weighted by atomic mass is 10.1. The van der Waals surface area contributed by atoms with Gasteiger partial charge < -0.3 is 16.8 Å². The van der Waals surface area contributed by atoms with E-state index >= 15 is 0 Å². The normalized spacial score (nSPS) is 15.8. The van der Waals surface area contributed by atoms with Crippen LogP contribution in [0.5, 0.6) is 0 Å². The molecule has 13 heteroatoms. The second kappa shape index (κ2) is 8.68. The molecule has 4 rings (SSSR count). The van der Waals surface area contributed by atoms with Crippen LogP contribution in [0.2, 0.25) is 0 Å². The summed E-state index contributed by atoms with van der Waals surface area (Å²) in [5, 5.41) is 10.8. The summed E-state index contributed by atoms with van der Waals surface area (Å²) in [6.07, 6.45) is 1.58. The number of nitrogens with one attached hydrogen (secondary N) is 1. The van der Waals surface area contributed by atoms with Gasteiger partial charge >= 0.3 is 0 Å². The minimum atomic E-state index is -1.08. The van der Waals surface area contributed by atoms with E-state index in [9.17, 15) is 23.2 Å². The predicted molar refractivity (Wildman–Crippen MR) is 120 cm³/mol. The van der Waals surface area contributed by atoms with Crippen LogP contribution in [0.4, 0.5) is 30.8 Å². The molecule has 9 nitrogen and oxygen atoms in total. The molecule has 5 N–H and O–H groups in total. The third-order valence-electron chi connectivity index (χ3n) is 5.08. The summed E-state index contributed by atoms with van der Waals surface area (Å²) in [7, 11) is 0. The van der Waals surface area contributed by atoms with Gasteiger partial charge in [-0.05, 0) is 25.5 Å². The summed E-state index contributed by atoms with van der Waals surface area (Å²) in [6, 6.07) is 3.37. The minimum Gasteiger partial charge on any atom is -0.382 e. The highest BCUT2D eigenvalue weighted by Crippen LogP contribution is 2.24. The first-order chi connectivity index (χ1) is 16.1. The molecule has 2 unspecified atom stereocenters. The Balaban J connectivity index is 1.99. The van der Waals surface area contributed by atoms with Gasteiger partial charge in [0.25, 0.3) is 5.56 Å². The van der Waals surface area contributed by atoms with Crippen molar-refractivity contribution in [3.8, 4) is 11.8 Å². The summed E-state index contributed by atoms with van der Waals surface area (Å²) in [5.74, 6) is -3.30. The van der Waals surface area contributed by atoms with Crippen LogP contribution >= 0.6 is 11.6 Å². The molecule has 1 aliphatic rings. The fourth-order valence-corrected chi connectivity index (χ4v) is 3.79. The lowest BCUT2D eigenvalue weighted by Gasteiger charge is -2.21. The van der Waals surface area contributed by atoms with Gasteiger partial charge in [0.05, 0.1) is 27.7 Å². The van der Waals surface area contributed by atoms with Crippen LogP contribution < -0.4 is 32.9 Å². The van der Waals surface area contributed by atoms with E-state index < -0.39 is 39.7 Å². The molecule has 0 bridgehead atoms. The van der Waals surface area contributed by atoms with Crippen LogP contribution in [0, 0.1) is 23.0 Å².